The highest BCUT2D eigenvalue weighted by molar-refractivity contribution is 14.1. The average molecular weight is 388 g/mol. The number of hydrogen-bond acceptors (Lipinski definition) is 5. The molecule has 0 aliphatic heterocycles. The van der Waals surface area contributed by atoms with Crippen LogP contribution < -0.4 is 10.5 Å². The number of fused-ring (bicyclic) bond motifs is 1. The molecule has 3 aromatic rings. The molecule has 0 fully saturated rings. The molecule has 1 heterocycles. The Bertz CT molecular complexity index is 845. The Morgan fingerprint density at radius 3 is 2.81 bits per heavy atom. The van der Waals surface area contributed by atoms with Crippen LogP contribution in [-0.4, -0.2) is 10.2 Å². The van der Waals surface area contributed by atoms with Crippen molar-refractivity contribution in [2.45, 2.75) is 0 Å². The highest BCUT2D eigenvalue weighted by Crippen LogP contribution is 2.35. The summed E-state index contributed by atoms with van der Waals surface area (Å²) in [6.07, 6.45) is 1.55. The zero-order valence-electron chi connectivity index (χ0n) is 10.7. The number of hydrogen-bond donors (Lipinski definition) is 1. The van der Waals surface area contributed by atoms with Gasteiger partial charge in [-0.2, -0.15) is 15.5 Å². The summed E-state index contributed by atoms with van der Waals surface area (Å²) in [5.74, 6) is 1.10. The van der Waals surface area contributed by atoms with E-state index in [-0.39, 0.29) is 0 Å². The lowest BCUT2D eigenvalue weighted by Gasteiger charge is -2.12. The van der Waals surface area contributed by atoms with Gasteiger partial charge in [0, 0.05) is 5.39 Å². The highest BCUT2D eigenvalue weighted by atomic mass is 127. The van der Waals surface area contributed by atoms with Crippen LogP contribution in [-0.2, 0) is 0 Å². The summed E-state index contributed by atoms with van der Waals surface area (Å²) in [6, 6.07) is 13.0. The molecule has 0 spiro atoms. The molecule has 102 valence electrons. The number of nitriles is 1. The van der Waals surface area contributed by atoms with Gasteiger partial charge in [-0.15, -0.1) is 0 Å². The minimum absolute atomic E-state index is 0.416. The van der Waals surface area contributed by atoms with Gasteiger partial charge in [-0.05, 0) is 46.9 Å². The number of anilines is 1. The molecule has 0 aliphatic rings. The molecular weight excluding hydrogens is 379 g/mol. The Kier molecular flexibility index (Phi) is 3.58. The summed E-state index contributed by atoms with van der Waals surface area (Å²) < 4.78 is 6.68. The second-order valence-electron chi connectivity index (χ2n) is 4.32. The molecule has 0 unspecified atom stereocenters. The fourth-order valence-electron chi connectivity index (χ4n) is 1.96. The van der Waals surface area contributed by atoms with Gasteiger partial charge in [0.25, 0.3) is 0 Å². The molecule has 3 rings (SSSR count). The van der Waals surface area contributed by atoms with Crippen LogP contribution in [0.2, 0.25) is 0 Å². The van der Waals surface area contributed by atoms with Crippen molar-refractivity contribution in [3.8, 4) is 17.6 Å². The minimum atomic E-state index is 0.416. The van der Waals surface area contributed by atoms with E-state index in [0.717, 1.165) is 14.5 Å². The van der Waals surface area contributed by atoms with Crippen LogP contribution >= 0.6 is 22.6 Å². The Balaban J connectivity index is 2.10. The number of halogens is 1. The quantitative estimate of drug-likeness (QED) is 0.537. The van der Waals surface area contributed by atoms with E-state index >= 15 is 0 Å². The van der Waals surface area contributed by atoms with Crippen molar-refractivity contribution in [1.82, 2.24) is 10.2 Å². The first-order valence-electron chi connectivity index (χ1n) is 6.06. The average Bonchev–Trinajstić information content (AvgIpc) is 2.50. The number of nitrogen functional groups attached to an aromatic ring is 1. The number of benzene rings is 2. The number of aromatic nitrogens is 2. The minimum Gasteiger partial charge on any atom is -0.452 e. The number of nitrogens with zero attached hydrogens (tertiary/aromatic N) is 3. The molecule has 0 saturated heterocycles. The van der Waals surface area contributed by atoms with Crippen molar-refractivity contribution in [1.29, 1.82) is 5.26 Å². The molecular formula is C15H9IN4O. The summed E-state index contributed by atoms with van der Waals surface area (Å²) in [4.78, 5) is 0. The number of nitrogens with two attached hydrogens (primary N) is 1. The predicted molar refractivity (Wildman–Crippen MR) is 87.9 cm³/mol. The van der Waals surface area contributed by atoms with Crippen molar-refractivity contribution in [3.63, 3.8) is 0 Å². The molecule has 21 heavy (non-hydrogen) atoms. The third kappa shape index (κ3) is 2.60. The Labute approximate surface area is 134 Å². The fourth-order valence-corrected chi connectivity index (χ4v) is 2.72. The summed E-state index contributed by atoms with van der Waals surface area (Å²) in [6.45, 7) is 0. The highest BCUT2D eigenvalue weighted by Gasteiger charge is 2.12. The van der Waals surface area contributed by atoms with Gasteiger partial charge < -0.3 is 10.5 Å². The van der Waals surface area contributed by atoms with Crippen LogP contribution in [0, 0.1) is 14.9 Å². The molecule has 2 aromatic carbocycles. The Hall–Kier alpha value is -2.40. The third-order valence-electron chi connectivity index (χ3n) is 2.92. The van der Waals surface area contributed by atoms with Crippen molar-refractivity contribution in [2.24, 2.45) is 0 Å². The second kappa shape index (κ2) is 5.54. The second-order valence-corrected chi connectivity index (χ2v) is 5.48. The molecule has 0 aliphatic carbocycles. The lowest BCUT2D eigenvalue weighted by atomic mass is 10.2. The number of rotatable bonds is 2. The monoisotopic (exact) mass is 388 g/mol. The van der Waals surface area contributed by atoms with E-state index in [9.17, 15) is 0 Å². The van der Waals surface area contributed by atoms with E-state index in [1.165, 1.54) is 0 Å². The van der Waals surface area contributed by atoms with Gasteiger partial charge in [0.2, 0.25) is 0 Å². The number of ether oxygens (including phenoxy) is 1. The lowest BCUT2D eigenvalue weighted by Crippen LogP contribution is -1.97. The van der Waals surface area contributed by atoms with Crippen molar-refractivity contribution in [2.75, 3.05) is 5.73 Å². The fraction of sp³-hybridized carbons (Fsp3) is 0. The van der Waals surface area contributed by atoms with Crippen molar-refractivity contribution < 1.29 is 4.74 Å². The van der Waals surface area contributed by atoms with E-state index in [1.807, 2.05) is 24.3 Å². The summed E-state index contributed by atoms with van der Waals surface area (Å²) >= 11 is 2.09. The lowest BCUT2D eigenvalue weighted by molar-refractivity contribution is 0.484. The van der Waals surface area contributed by atoms with Crippen LogP contribution in [0.5, 0.6) is 11.5 Å². The van der Waals surface area contributed by atoms with Crippen LogP contribution in [0.4, 0.5) is 5.69 Å². The van der Waals surface area contributed by atoms with Gasteiger partial charge in [-0.3, -0.25) is 0 Å². The van der Waals surface area contributed by atoms with E-state index in [4.69, 9.17) is 15.7 Å². The van der Waals surface area contributed by atoms with E-state index in [2.05, 4.69) is 38.9 Å². The van der Waals surface area contributed by atoms with Crippen LogP contribution in [0.15, 0.2) is 42.6 Å². The molecule has 2 N–H and O–H groups in total. The smallest absolute Gasteiger partial charge is 0.163 e. The van der Waals surface area contributed by atoms with Crippen molar-refractivity contribution in [3.05, 3.63) is 51.7 Å². The van der Waals surface area contributed by atoms with Gasteiger partial charge in [0.1, 0.15) is 0 Å². The van der Waals surface area contributed by atoms with Gasteiger partial charge >= 0.3 is 0 Å². The zero-order valence-corrected chi connectivity index (χ0v) is 12.9. The van der Waals surface area contributed by atoms with Gasteiger partial charge in [-0.25, -0.2) is 0 Å². The van der Waals surface area contributed by atoms with Crippen LogP contribution in [0.25, 0.3) is 10.9 Å². The molecule has 6 heteroatoms. The Morgan fingerprint density at radius 1 is 1.24 bits per heavy atom. The van der Waals surface area contributed by atoms with Crippen molar-refractivity contribution >= 4 is 39.2 Å². The van der Waals surface area contributed by atoms with E-state index in [1.54, 1.807) is 18.3 Å². The molecule has 0 bridgehead atoms. The van der Waals surface area contributed by atoms with E-state index in [0.29, 0.717) is 22.7 Å². The maximum Gasteiger partial charge on any atom is 0.163 e. The largest absolute Gasteiger partial charge is 0.452 e. The molecule has 5 nitrogen and oxygen atoms in total. The van der Waals surface area contributed by atoms with E-state index < -0.39 is 0 Å². The first-order chi connectivity index (χ1) is 10.2. The molecule has 0 saturated carbocycles. The first-order valence-corrected chi connectivity index (χ1v) is 7.14. The molecule has 1 aromatic heterocycles. The third-order valence-corrected chi connectivity index (χ3v) is 3.72. The maximum absolute atomic E-state index is 8.94. The zero-order chi connectivity index (χ0) is 14.8. The Morgan fingerprint density at radius 2 is 2.05 bits per heavy atom. The van der Waals surface area contributed by atoms with Gasteiger partial charge in [-0.1, -0.05) is 12.1 Å². The predicted octanol–water partition coefficient (Wildman–Crippen LogP) is 3.48. The SMILES string of the molecule is N#Cc1cc(N)c(Oc2cnnc3ccccc23)c(I)c1. The van der Waals surface area contributed by atoms with Gasteiger partial charge in [0.05, 0.1) is 32.6 Å². The maximum atomic E-state index is 8.94. The summed E-state index contributed by atoms with van der Waals surface area (Å²) in [7, 11) is 0. The topological polar surface area (TPSA) is 84.8 Å². The summed E-state index contributed by atoms with van der Waals surface area (Å²) in [5, 5.41) is 17.8. The summed E-state index contributed by atoms with van der Waals surface area (Å²) in [5.41, 5.74) is 7.64. The molecule has 0 atom stereocenters. The standard InChI is InChI=1S/C15H9IN4O/c16-11-5-9(7-17)6-12(18)15(11)21-14-8-19-20-13-4-2-1-3-10(13)14/h1-6,8H,18H2. The molecule has 0 amide bonds. The van der Waals surface area contributed by atoms with Crippen LogP contribution in [0.1, 0.15) is 5.56 Å². The normalized spacial score (nSPS) is 10.3. The van der Waals surface area contributed by atoms with Gasteiger partial charge in [0.15, 0.2) is 11.5 Å². The van der Waals surface area contributed by atoms with Crippen LogP contribution in [0.3, 0.4) is 0 Å². The first kappa shape index (κ1) is 13.6. The molecule has 0 radical (unpaired) electrons.